The van der Waals surface area contributed by atoms with E-state index in [0.29, 0.717) is 12.0 Å². The summed E-state index contributed by atoms with van der Waals surface area (Å²) >= 11 is 0. The van der Waals surface area contributed by atoms with Gasteiger partial charge in [0.2, 0.25) is 0 Å². The number of nitrogens with one attached hydrogen (secondary N) is 1. The average molecular weight is 337 g/mol. The highest BCUT2D eigenvalue weighted by Crippen LogP contribution is 2.27. The van der Waals surface area contributed by atoms with E-state index in [1.807, 2.05) is 26.0 Å². The maximum absolute atomic E-state index is 11.0. The number of piperidine rings is 1. The Morgan fingerprint density at radius 2 is 1.96 bits per heavy atom. The first-order chi connectivity index (χ1) is 11.3. The average Bonchev–Trinajstić information content (AvgIpc) is 2.51. The molecule has 1 unspecified atom stereocenters. The van der Waals surface area contributed by atoms with Crippen molar-refractivity contribution in [1.82, 2.24) is 0 Å². The standard InChI is InChI=1S/C20H34N2O2/c1-15(2)24-19-8-6-18(7-9-19)13-21-11-10-20(23)12-17(4)22(5)14-16(20)3/h6-9,15-17,21,23H,10-14H2,1-5H3/p+2/t16-,17+,20-/m1/s1. The lowest BCUT2D eigenvalue weighted by atomic mass is 9.77. The van der Waals surface area contributed by atoms with Crippen molar-refractivity contribution in [2.45, 2.75) is 64.8 Å². The number of hydrogen-bond acceptors (Lipinski definition) is 2. The van der Waals surface area contributed by atoms with E-state index in [9.17, 15) is 5.11 Å². The third-order valence-electron chi connectivity index (χ3n) is 5.50. The summed E-state index contributed by atoms with van der Waals surface area (Å²) in [5.74, 6) is 1.30. The molecule has 1 aromatic carbocycles. The van der Waals surface area contributed by atoms with Crippen LogP contribution in [0.3, 0.4) is 0 Å². The predicted octanol–water partition coefficient (Wildman–Crippen LogP) is 0.601. The second-order valence-corrected chi connectivity index (χ2v) is 8.00. The molecule has 1 aromatic rings. The molecule has 4 N–H and O–H groups in total. The maximum atomic E-state index is 11.0. The van der Waals surface area contributed by atoms with Crippen molar-refractivity contribution in [2.75, 3.05) is 20.1 Å². The highest BCUT2D eigenvalue weighted by molar-refractivity contribution is 5.26. The van der Waals surface area contributed by atoms with Gasteiger partial charge in [0, 0.05) is 24.3 Å². The van der Waals surface area contributed by atoms with Crippen LogP contribution in [0.2, 0.25) is 0 Å². The third-order valence-corrected chi connectivity index (χ3v) is 5.50. The zero-order valence-corrected chi connectivity index (χ0v) is 16.0. The molecule has 0 radical (unpaired) electrons. The summed E-state index contributed by atoms with van der Waals surface area (Å²) in [5.41, 5.74) is 0.803. The zero-order valence-electron chi connectivity index (χ0n) is 16.0. The van der Waals surface area contributed by atoms with Crippen LogP contribution in [0.1, 0.15) is 46.1 Å². The van der Waals surface area contributed by atoms with E-state index in [4.69, 9.17) is 4.74 Å². The first kappa shape index (κ1) is 19.2. The molecule has 4 heteroatoms. The lowest BCUT2D eigenvalue weighted by Gasteiger charge is -2.43. The van der Waals surface area contributed by atoms with Gasteiger partial charge in [-0.05, 0) is 45.0 Å². The molecular weight excluding hydrogens is 300 g/mol. The van der Waals surface area contributed by atoms with Crippen LogP contribution in [0.15, 0.2) is 24.3 Å². The molecule has 24 heavy (non-hydrogen) atoms. The molecule has 4 nitrogen and oxygen atoms in total. The molecule has 4 atom stereocenters. The van der Waals surface area contributed by atoms with Gasteiger partial charge in [0.1, 0.15) is 12.3 Å². The Balaban J connectivity index is 1.76. The van der Waals surface area contributed by atoms with E-state index >= 15 is 0 Å². The summed E-state index contributed by atoms with van der Waals surface area (Å²) in [7, 11) is 2.24. The quantitative estimate of drug-likeness (QED) is 0.639. The van der Waals surface area contributed by atoms with Crippen molar-refractivity contribution in [1.29, 1.82) is 0 Å². The number of aliphatic hydroxyl groups is 1. The maximum Gasteiger partial charge on any atom is 0.119 e. The van der Waals surface area contributed by atoms with Gasteiger partial charge in [-0.1, -0.05) is 6.92 Å². The Labute approximate surface area is 147 Å². The molecule has 136 valence electrons. The summed E-state index contributed by atoms with van der Waals surface area (Å²) in [5, 5.41) is 13.3. The molecule has 0 saturated carbocycles. The van der Waals surface area contributed by atoms with Crippen LogP contribution in [-0.4, -0.2) is 43.0 Å². The highest BCUT2D eigenvalue weighted by atomic mass is 16.5. The van der Waals surface area contributed by atoms with Crippen LogP contribution in [0.4, 0.5) is 0 Å². The van der Waals surface area contributed by atoms with Gasteiger partial charge in [0.05, 0.1) is 37.9 Å². The van der Waals surface area contributed by atoms with Crippen LogP contribution >= 0.6 is 0 Å². The fraction of sp³-hybridized carbons (Fsp3) is 0.700. The van der Waals surface area contributed by atoms with Crippen molar-refractivity contribution in [2.24, 2.45) is 5.92 Å². The number of quaternary nitrogens is 2. The van der Waals surface area contributed by atoms with Crippen LogP contribution in [0.25, 0.3) is 0 Å². The van der Waals surface area contributed by atoms with Crippen molar-refractivity contribution in [3.05, 3.63) is 29.8 Å². The molecule has 1 aliphatic heterocycles. The number of benzene rings is 1. The minimum atomic E-state index is -0.496. The largest absolute Gasteiger partial charge is 0.491 e. The fourth-order valence-electron chi connectivity index (χ4n) is 3.73. The Bertz CT molecular complexity index is 503. The molecule has 0 amide bonds. The van der Waals surface area contributed by atoms with Gasteiger partial charge in [0.25, 0.3) is 0 Å². The summed E-state index contributed by atoms with van der Waals surface area (Å²) in [4.78, 5) is 1.54. The molecule has 1 heterocycles. The Kier molecular flexibility index (Phi) is 6.67. The molecule has 1 saturated heterocycles. The van der Waals surface area contributed by atoms with E-state index in [2.05, 4.69) is 38.3 Å². The Hall–Kier alpha value is -1.10. The van der Waals surface area contributed by atoms with Gasteiger partial charge in [-0.15, -0.1) is 0 Å². The third kappa shape index (κ3) is 5.20. The van der Waals surface area contributed by atoms with E-state index in [1.165, 1.54) is 5.56 Å². The number of hydrogen-bond donors (Lipinski definition) is 3. The Morgan fingerprint density at radius 3 is 2.58 bits per heavy atom. The van der Waals surface area contributed by atoms with E-state index in [-0.39, 0.29) is 6.10 Å². The summed E-state index contributed by atoms with van der Waals surface area (Å²) in [6.45, 7) is 11.5. The van der Waals surface area contributed by atoms with E-state index < -0.39 is 5.60 Å². The summed E-state index contributed by atoms with van der Waals surface area (Å²) in [6, 6.07) is 8.89. The summed E-state index contributed by atoms with van der Waals surface area (Å²) < 4.78 is 5.67. The van der Waals surface area contributed by atoms with Crippen molar-refractivity contribution in [3.63, 3.8) is 0 Å². The topological polar surface area (TPSA) is 50.5 Å². The van der Waals surface area contributed by atoms with Gasteiger partial charge in [0.15, 0.2) is 0 Å². The number of nitrogens with two attached hydrogens (primary N) is 1. The predicted molar refractivity (Wildman–Crippen MR) is 97.3 cm³/mol. The minimum absolute atomic E-state index is 0.212. The van der Waals surface area contributed by atoms with Crippen LogP contribution < -0.4 is 15.0 Å². The number of rotatable bonds is 7. The van der Waals surface area contributed by atoms with E-state index in [0.717, 1.165) is 38.2 Å². The van der Waals surface area contributed by atoms with Crippen molar-refractivity contribution >= 4 is 0 Å². The van der Waals surface area contributed by atoms with Crippen LogP contribution in [-0.2, 0) is 6.54 Å². The Morgan fingerprint density at radius 1 is 1.29 bits per heavy atom. The number of likely N-dealkylation sites (tertiary alicyclic amines) is 1. The molecular formula is C20H36N2O2+2. The van der Waals surface area contributed by atoms with Crippen molar-refractivity contribution < 1.29 is 20.1 Å². The molecule has 1 fully saturated rings. The van der Waals surface area contributed by atoms with Gasteiger partial charge in [-0.3, -0.25) is 0 Å². The first-order valence-corrected chi connectivity index (χ1v) is 9.42. The molecule has 2 rings (SSSR count). The number of ether oxygens (including phenoxy) is 1. The lowest BCUT2D eigenvalue weighted by Crippen LogP contribution is -3.15. The normalized spacial score (nSPS) is 30.5. The van der Waals surface area contributed by atoms with Crippen LogP contribution in [0.5, 0.6) is 5.75 Å². The molecule has 0 aromatic heterocycles. The smallest absolute Gasteiger partial charge is 0.119 e. The van der Waals surface area contributed by atoms with Gasteiger partial charge < -0.3 is 20.1 Å². The van der Waals surface area contributed by atoms with E-state index in [1.54, 1.807) is 4.90 Å². The molecule has 0 bridgehead atoms. The molecule has 0 spiro atoms. The van der Waals surface area contributed by atoms with Gasteiger partial charge in [-0.25, -0.2) is 0 Å². The monoisotopic (exact) mass is 336 g/mol. The second kappa shape index (κ2) is 8.32. The molecule has 0 aliphatic carbocycles. The second-order valence-electron chi connectivity index (χ2n) is 8.00. The molecule has 1 aliphatic rings. The first-order valence-electron chi connectivity index (χ1n) is 9.42. The SMILES string of the molecule is CC(C)Oc1ccc(C[NH2+]CC[C@@]2(O)C[C@H](C)[NH+](C)C[C@H]2C)cc1. The summed E-state index contributed by atoms with van der Waals surface area (Å²) in [6.07, 6.45) is 2.00. The lowest BCUT2D eigenvalue weighted by molar-refractivity contribution is -0.916. The van der Waals surface area contributed by atoms with Gasteiger partial charge >= 0.3 is 0 Å². The highest BCUT2D eigenvalue weighted by Gasteiger charge is 2.43. The fourth-order valence-corrected chi connectivity index (χ4v) is 3.73. The zero-order chi connectivity index (χ0) is 17.7. The van der Waals surface area contributed by atoms with Crippen molar-refractivity contribution in [3.8, 4) is 5.75 Å². The minimum Gasteiger partial charge on any atom is -0.491 e. The van der Waals surface area contributed by atoms with Crippen LogP contribution in [0, 0.1) is 5.92 Å². The van der Waals surface area contributed by atoms with Gasteiger partial charge in [-0.2, -0.15) is 0 Å².